The summed E-state index contributed by atoms with van der Waals surface area (Å²) in [6.07, 6.45) is -0.320. The standard InChI is InChI=1S/C23H20N4OS2/c1-14-7-9-16(10-8-14)13-30-23-25-21-19(26-27-23)17-5-3-4-6-18(17)24-22(28-21)20-15(2)11-12-29-20/h3-12,22,24H,13H2,1-2H3/t22-/m0/s1. The molecule has 2 aromatic carbocycles. The molecule has 4 aromatic rings. The van der Waals surface area contributed by atoms with Crippen molar-refractivity contribution in [3.05, 3.63) is 81.5 Å². The molecule has 0 fully saturated rings. The van der Waals surface area contributed by atoms with Gasteiger partial charge in [0.2, 0.25) is 17.3 Å². The lowest BCUT2D eigenvalue weighted by Gasteiger charge is -2.18. The van der Waals surface area contributed by atoms with E-state index in [9.17, 15) is 0 Å². The number of aromatic nitrogens is 3. The molecular formula is C23H20N4OS2. The van der Waals surface area contributed by atoms with Gasteiger partial charge in [-0.05, 0) is 42.5 Å². The fourth-order valence-electron chi connectivity index (χ4n) is 3.31. The zero-order valence-corrected chi connectivity index (χ0v) is 18.3. The van der Waals surface area contributed by atoms with Crippen molar-refractivity contribution in [1.29, 1.82) is 0 Å². The van der Waals surface area contributed by atoms with Crippen molar-refractivity contribution >= 4 is 28.8 Å². The largest absolute Gasteiger partial charge is 0.447 e. The van der Waals surface area contributed by atoms with Crippen molar-refractivity contribution in [2.45, 2.75) is 31.0 Å². The Bertz CT molecular complexity index is 1190. The highest BCUT2D eigenvalue weighted by atomic mass is 32.2. The number of para-hydroxylation sites is 1. The van der Waals surface area contributed by atoms with E-state index in [1.165, 1.54) is 16.7 Å². The van der Waals surface area contributed by atoms with Crippen molar-refractivity contribution in [3.63, 3.8) is 0 Å². The van der Waals surface area contributed by atoms with Crippen LogP contribution in [0, 0.1) is 13.8 Å². The third kappa shape index (κ3) is 3.78. The van der Waals surface area contributed by atoms with Gasteiger partial charge in [0.1, 0.15) is 0 Å². The van der Waals surface area contributed by atoms with Gasteiger partial charge in [-0.2, -0.15) is 4.98 Å². The number of benzene rings is 2. The van der Waals surface area contributed by atoms with Crippen molar-refractivity contribution in [2.75, 3.05) is 5.32 Å². The highest BCUT2D eigenvalue weighted by Crippen LogP contribution is 2.41. The van der Waals surface area contributed by atoms with Crippen molar-refractivity contribution in [1.82, 2.24) is 15.2 Å². The summed E-state index contributed by atoms with van der Waals surface area (Å²) in [4.78, 5) is 5.86. The van der Waals surface area contributed by atoms with Crippen LogP contribution in [0.15, 0.2) is 65.1 Å². The Morgan fingerprint density at radius 3 is 2.67 bits per heavy atom. The van der Waals surface area contributed by atoms with E-state index in [-0.39, 0.29) is 6.23 Å². The van der Waals surface area contributed by atoms with Gasteiger partial charge in [0.25, 0.3) is 0 Å². The van der Waals surface area contributed by atoms with E-state index < -0.39 is 0 Å². The number of ether oxygens (including phenoxy) is 1. The molecule has 2 aromatic heterocycles. The molecule has 150 valence electrons. The predicted molar refractivity (Wildman–Crippen MR) is 122 cm³/mol. The number of nitrogens with one attached hydrogen (secondary N) is 1. The van der Waals surface area contributed by atoms with Crippen molar-refractivity contribution < 1.29 is 4.74 Å². The number of hydrogen-bond acceptors (Lipinski definition) is 7. The van der Waals surface area contributed by atoms with Crippen LogP contribution in [0.5, 0.6) is 5.88 Å². The number of thiophene rings is 1. The van der Waals surface area contributed by atoms with E-state index in [1.807, 2.05) is 24.3 Å². The van der Waals surface area contributed by atoms with Crippen LogP contribution in [0.3, 0.4) is 0 Å². The Morgan fingerprint density at radius 1 is 1.03 bits per heavy atom. The van der Waals surface area contributed by atoms with E-state index in [2.05, 4.69) is 65.1 Å². The summed E-state index contributed by atoms with van der Waals surface area (Å²) in [6.45, 7) is 4.18. The maximum Gasteiger partial charge on any atom is 0.247 e. The summed E-state index contributed by atoms with van der Waals surface area (Å²) in [5.41, 5.74) is 6.23. The summed E-state index contributed by atoms with van der Waals surface area (Å²) in [7, 11) is 0. The molecule has 1 N–H and O–H groups in total. The number of rotatable bonds is 4. The summed E-state index contributed by atoms with van der Waals surface area (Å²) in [5.74, 6) is 1.29. The second-order valence-electron chi connectivity index (χ2n) is 7.18. The molecular weight excluding hydrogens is 412 g/mol. The topological polar surface area (TPSA) is 59.9 Å². The normalized spacial score (nSPS) is 14.8. The Kier molecular flexibility index (Phi) is 5.14. The lowest BCUT2D eigenvalue weighted by Crippen LogP contribution is -2.16. The Morgan fingerprint density at radius 2 is 1.87 bits per heavy atom. The monoisotopic (exact) mass is 432 g/mol. The van der Waals surface area contributed by atoms with Gasteiger partial charge in [0.05, 0.1) is 4.88 Å². The van der Waals surface area contributed by atoms with Gasteiger partial charge in [-0.1, -0.05) is 59.8 Å². The SMILES string of the molecule is Cc1ccc(CSc2nnc3c(n2)O[C@@H](c2sccc2C)Nc2ccccc2-3)cc1. The molecule has 0 saturated carbocycles. The van der Waals surface area contributed by atoms with Gasteiger partial charge in [0, 0.05) is 17.0 Å². The molecule has 5 rings (SSSR count). The summed E-state index contributed by atoms with van der Waals surface area (Å²) < 4.78 is 6.35. The smallest absolute Gasteiger partial charge is 0.247 e. The maximum atomic E-state index is 6.35. The van der Waals surface area contributed by atoms with Crippen LogP contribution in [-0.2, 0) is 5.75 Å². The lowest BCUT2D eigenvalue weighted by molar-refractivity contribution is 0.228. The minimum atomic E-state index is -0.320. The number of fused-ring (bicyclic) bond motifs is 3. The quantitative estimate of drug-likeness (QED) is 0.398. The van der Waals surface area contributed by atoms with Gasteiger partial charge >= 0.3 is 0 Å². The van der Waals surface area contributed by atoms with Crippen LogP contribution < -0.4 is 10.1 Å². The molecule has 0 amide bonds. The molecule has 1 atom stereocenters. The number of nitrogens with zero attached hydrogens (tertiary/aromatic N) is 3. The molecule has 1 aliphatic heterocycles. The van der Waals surface area contributed by atoms with Gasteiger partial charge in [-0.3, -0.25) is 0 Å². The fraction of sp³-hybridized carbons (Fsp3) is 0.174. The third-order valence-corrected chi connectivity index (χ3v) is 6.93. The molecule has 5 nitrogen and oxygen atoms in total. The highest BCUT2D eigenvalue weighted by molar-refractivity contribution is 7.98. The number of hydrogen-bond donors (Lipinski definition) is 1. The number of aryl methyl sites for hydroxylation is 2. The molecule has 7 heteroatoms. The highest BCUT2D eigenvalue weighted by Gasteiger charge is 2.27. The first kappa shape index (κ1) is 19.1. The molecule has 0 aliphatic carbocycles. The van der Waals surface area contributed by atoms with Crippen LogP contribution in [-0.4, -0.2) is 15.2 Å². The van der Waals surface area contributed by atoms with Crippen LogP contribution in [0.2, 0.25) is 0 Å². The first-order valence-corrected chi connectivity index (χ1v) is 11.5. The van der Waals surface area contributed by atoms with Crippen molar-refractivity contribution in [3.8, 4) is 17.1 Å². The van der Waals surface area contributed by atoms with Crippen LogP contribution >= 0.6 is 23.1 Å². The van der Waals surface area contributed by atoms with E-state index in [0.717, 1.165) is 21.9 Å². The molecule has 0 spiro atoms. The molecule has 0 saturated heterocycles. The molecule has 3 heterocycles. The average molecular weight is 433 g/mol. The predicted octanol–water partition coefficient (Wildman–Crippen LogP) is 6.01. The minimum Gasteiger partial charge on any atom is -0.447 e. The van der Waals surface area contributed by atoms with E-state index in [1.54, 1.807) is 23.1 Å². The molecule has 30 heavy (non-hydrogen) atoms. The lowest BCUT2D eigenvalue weighted by atomic mass is 10.1. The first-order chi connectivity index (χ1) is 14.7. The van der Waals surface area contributed by atoms with Gasteiger partial charge < -0.3 is 10.1 Å². The zero-order valence-electron chi connectivity index (χ0n) is 16.6. The summed E-state index contributed by atoms with van der Waals surface area (Å²) >= 11 is 3.23. The molecule has 0 bridgehead atoms. The van der Waals surface area contributed by atoms with Gasteiger partial charge in [0.15, 0.2) is 5.69 Å². The van der Waals surface area contributed by atoms with E-state index in [4.69, 9.17) is 9.72 Å². The molecule has 1 aliphatic rings. The van der Waals surface area contributed by atoms with Crippen LogP contribution in [0.25, 0.3) is 11.3 Å². The molecule has 0 radical (unpaired) electrons. The second-order valence-corrected chi connectivity index (χ2v) is 9.07. The Labute approximate surface area is 183 Å². The number of thioether (sulfide) groups is 1. The Balaban J connectivity index is 1.48. The summed E-state index contributed by atoms with van der Waals surface area (Å²) in [6, 6.07) is 18.6. The summed E-state index contributed by atoms with van der Waals surface area (Å²) in [5, 5.41) is 15.0. The average Bonchev–Trinajstić information content (AvgIpc) is 3.12. The fourth-order valence-corrected chi connectivity index (χ4v) is 4.95. The second kappa shape index (κ2) is 8.08. The van der Waals surface area contributed by atoms with Gasteiger partial charge in [-0.15, -0.1) is 21.5 Å². The van der Waals surface area contributed by atoms with Crippen LogP contribution in [0.4, 0.5) is 5.69 Å². The third-order valence-electron chi connectivity index (χ3n) is 4.96. The maximum absolute atomic E-state index is 6.35. The first-order valence-electron chi connectivity index (χ1n) is 9.67. The Hall–Kier alpha value is -2.90. The van der Waals surface area contributed by atoms with E-state index >= 15 is 0 Å². The molecule has 0 unspecified atom stereocenters. The van der Waals surface area contributed by atoms with Gasteiger partial charge in [-0.25, -0.2) is 0 Å². The van der Waals surface area contributed by atoms with E-state index in [0.29, 0.717) is 16.7 Å². The van der Waals surface area contributed by atoms with Crippen molar-refractivity contribution in [2.24, 2.45) is 0 Å². The number of anilines is 1. The minimum absolute atomic E-state index is 0.320. The zero-order chi connectivity index (χ0) is 20.5. The van der Waals surface area contributed by atoms with Crippen LogP contribution in [0.1, 0.15) is 27.8 Å².